The molecule has 2 aromatic heterocycles. The number of carbonyl (C=O) groups excluding carboxylic acids is 1. The minimum atomic E-state index is -2.89. The average molecular weight is 364 g/mol. The molecule has 25 heavy (non-hydrogen) atoms. The molecular weight excluding hydrogens is 340 g/mol. The van der Waals surface area contributed by atoms with Crippen LogP contribution in [0.5, 0.6) is 0 Å². The number of amides is 1. The summed E-state index contributed by atoms with van der Waals surface area (Å²) >= 11 is 0. The summed E-state index contributed by atoms with van der Waals surface area (Å²) in [5.41, 5.74) is 2.78. The number of nitrogens with zero attached hydrogens (tertiary/aromatic N) is 3. The van der Waals surface area contributed by atoms with E-state index in [9.17, 15) is 13.2 Å². The Hall–Kier alpha value is -1.93. The number of pyridine rings is 1. The first-order valence-electron chi connectivity index (χ1n) is 8.45. The number of aromatic nitrogens is 2. The van der Waals surface area contributed by atoms with Crippen molar-refractivity contribution in [1.82, 2.24) is 19.6 Å². The second-order valence-corrected chi connectivity index (χ2v) is 8.92. The summed E-state index contributed by atoms with van der Waals surface area (Å²) < 4.78 is 25.0. The number of sulfone groups is 1. The average Bonchev–Trinajstić information content (AvgIpc) is 3.14. The van der Waals surface area contributed by atoms with Gasteiger partial charge >= 0.3 is 0 Å². The molecule has 1 amide bonds. The van der Waals surface area contributed by atoms with Crippen LogP contribution in [0.25, 0.3) is 5.65 Å². The van der Waals surface area contributed by atoms with Gasteiger partial charge in [0, 0.05) is 30.9 Å². The van der Waals surface area contributed by atoms with Gasteiger partial charge in [0.1, 0.15) is 5.65 Å². The lowest BCUT2D eigenvalue weighted by Gasteiger charge is -2.22. The predicted molar refractivity (Wildman–Crippen MR) is 96.1 cm³/mol. The van der Waals surface area contributed by atoms with Gasteiger partial charge in [-0.05, 0) is 32.5 Å². The molecule has 1 atom stereocenters. The Kier molecular flexibility index (Phi) is 5.10. The fourth-order valence-electron chi connectivity index (χ4n) is 3.15. The predicted octanol–water partition coefficient (Wildman–Crippen LogP) is 0.768. The largest absolute Gasteiger partial charge is 0.350 e. The summed E-state index contributed by atoms with van der Waals surface area (Å²) in [5, 5.41) is 2.88. The number of rotatable bonds is 6. The van der Waals surface area contributed by atoms with E-state index in [4.69, 9.17) is 0 Å². The zero-order valence-electron chi connectivity index (χ0n) is 14.6. The monoisotopic (exact) mass is 364 g/mol. The van der Waals surface area contributed by atoms with E-state index in [1.807, 2.05) is 47.7 Å². The quantitative estimate of drug-likeness (QED) is 0.818. The molecular formula is C17H24N4O3S. The molecule has 1 fully saturated rings. The molecule has 2 aromatic rings. The lowest BCUT2D eigenvalue weighted by atomic mass is 10.2. The maximum atomic E-state index is 12.1. The molecule has 0 bridgehead atoms. The first-order chi connectivity index (χ1) is 11.8. The van der Waals surface area contributed by atoms with E-state index in [-0.39, 0.29) is 23.5 Å². The molecule has 3 rings (SSSR count). The van der Waals surface area contributed by atoms with Crippen LogP contribution in [0.3, 0.4) is 0 Å². The van der Waals surface area contributed by atoms with Gasteiger partial charge < -0.3 is 14.6 Å². The zero-order chi connectivity index (χ0) is 18.0. The highest BCUT2D eigenvalue weighted by atomic mass is 32.2. The van der Waals surface area contributed by atoms with Crippen molar-refractivity contribution in [1.29, 1.82) is 0 Å². The molecule has 1 aliphatic rings. The van der Waals surface area contributed by atoms with Crippen molar-refractivity contribution in [2.24, 2.45) is 0 Å². The summed E-state index contributed by atoms with van der Waals surface area (Å²) in [4.78, 5) is 18.5. The van der Waals surface area contributed by atoms with Crippen LogP contribution < -0.4 is 5.32 Å². The second kappa shape index (κ2) is 7.13. The number of carbonyl (C=O) groups is 1. The molecule has 1 aliphatic heterocycles. The van der Waals surface area contributed by atoms with Crippen molar-refractivity contribution < 1.29 is 13.2 Å². The van der Waals surface area contributed by atoms with Gasteiger partial charge in [0.05, 0.1) is 23.7 Å². The molecule has 8 heteroatoms. The standard InChI is InChI=1S/C17H24N4O3S/c1-13-4-3-5-16-19-14(11-21(13)16)10-18-17(22)6-8-20(2)15-7-9-25(23,24)12-15/h3-5,11,15H,6-10,12H2,1-2H3,(H,18,22). The normalized spacial score (nSPS) is 19.6. The molecule has 3 heterocycles. The summed E-state index contributed by atoms with van der Waals surface area (Å²) in [6.45, 7) is 2.95. The summed E-state index contributed by atoms with van der Waals surface area (Å²) in [6, 6.07) is 5.93. The number of fused-ring (bicyclic) bond motifs is 1. The molecule has 136 valence electrons. The third-order valence-corrected chi connectivity index (χ3v) is 6.49. The SMILES string of the molecule is Cc1cccc2nc(CNC(=O)CCN(C)C3CCS(=O)(=O)C3)cn12. The van der Waals surface area contributed by atoms with Crippen molar-refractivity contribution in [2.45, 2.75) is 32.4 Å². The number of hydrogen-bond acceptors (Lipinski definition) is 5. The van der Waals surface area contributed by atoms with Crippen LogP contribution in [0.1, 0.15) is 24.2 Å². The van der Waals surface area contributed by atoms with E-state index in [1.54, 1.807) is 0 Å². The lowest BCUT2D eigenvalue weighted by Crippen LogP contribution is -2.36. The van der Waals surface area contributed by atoms with Crippen LogP contribution in [0.15, 0.2) is 24.4 Å². The molecule has 1 unspecified atom stereocenters. The van der Waals surface area contributed by atoms with Crippen molar-refractivity contribution in [3.63, 3.8) is 0 Å². The van der Waals surface area contributed by atoms with Crippen LogP contribution in [0.4, 0.5) is 0 Å². The number of hydrogen-bond donors (Lipinski definition) is 1. The molecule has 0 saturated carbocycles. The first kappa shape index (κ1) is 17.9. The highest BCUT2D eigenvalue weighted by Gasteiger charge is 2.30. The lowest BCUT2D eigenvalue weighted by molar-refractivity contribution is -0.121. The van der Waals surface area contributed by atoms with E-state index in [0.29, 0.717) is 25.9 Å². The summed E-state index contributed by atoms with van der Waals surface area (Å²) in [5.74, 6) is 0.397. The third kappa shape index (κ3) is 4.38. The second-order valence-electron chi connectivity index (χ2n) is 6.69. The molecule has 1 N–H and O–H groups in total. The van der Waals surface area contributed by atoms with Crippen LogP contribution >= 0.6 is 0 Å². The number of nitrogens with one attached hydrogen (secondary N) is 1. The van der Waals surface area contributed by atoms with E-state index < -0.39 is 9.84 Å². The highest BCUT2D eigenvalue weighted by Crippen LogP contribution is 2.16. The van der Waals surface area contributed by atoms with Gasteiger partial charge in [-0.3, -0.25) is 4.79 Å². The van der Waals surface area contributed by atoms with Crippen LogP contribution in [-0.2, 0) is 21.2 Å². The van der Waals surface area contributed by atoms with Crippen molar-refractivity contribution in [3.05, 3.63) is 35.8 Å². The smallest absolute Gasteiger partial charge is 0.221 e. The maximum Gasteiger partial charge on any atom is 0.221 e. The molecule has 7 nitrogen and oxygen atoms in total. The Morgan fingerprint density at radius 2 is 2.24 bits per heavy atom. The molecule has 0 radical (unpaired) electrons. The molecule has 0 spiro atoms. The fourth-order valence-corrected chi connectivity index (χ4v) is 4.95. The maximum absolute atomic E-state index is 12.1. The summed E-state index contributed by atoms with van der Waals surface area (Å²) in [6.07, 6.45) is 2.93. The van der Waals surface area contributed by atoms with Gasteiger partial charge in [0.15, 0.2) is 9.84 Å². The van der Waals surface area contributed by atoms with E-state index in [2.05, 4.69) is 10.3 Å². The van der Waals surface area contributed by atoms with Gasteiger partial charge in [0.25, 0.3) is 0 Å². The Morgan fingerprint density at radius 3 is 2.92 bits per heavy atom. The van der Waals surface area contributed by atoms with E-state index >= 15 is 0 Å². The van der Waals surface area contributed by atoms with Crippen LogP contribution in [0.2, 0.25) is 0 Å². The minimum absolute atomic E-state index is 0.0271. The van der Waals surface area contributed by atoms with Gasteiger partial charge in [0.2, 0.25) is 5.91 Å². The van der Waals surface area contributed by atoms with Crippen molar-refractivity contribution in [2.75, 3.05) is 25.1 Å². The molecule has 1 saturated heterocycles. The van der Waals surface area contributed by atoms with Gasteiger partial charge in [-0.25, -0.2) is 13.4 Å². The Balaban J connectivity index is 1.47. The van der Waals surface area contributed by atoms with Gasteiger partial charge in [-0.1, -0.05) is 6.07 Å². The van der Waals surface area contributed by atoms with Crippen LogP contribution in [0, 0.1) is 6.92 Å². The minimum Gasteiger partial charge on any atom is -0.350 e. The van der Waals surface area contributed by atoms with E-state index in [1.165, 1.54) is 0 Å². The molecule has 0 aromatic carbocycles. The van der Waals surface area contributed by atoms with Crippen LogP contribution in [-0.4, -0.2) is 59.7 Å². The third-order valence-electron chi connectivity index (χ3n) is 4.74. The first-order valence-corrected chi connectivity index (χ1v) is 10.3. The number of imidazole rings is 1. The molecule has 0 aliphatic carbocycles. The zero-order valence-corrected chi connectivity index (χ0v) is 15.4. The Bertz CT molecular complexity index is 875. The van der Waals surface area contributed by atoms with E-state index in [0.717, 1.165) is 17.0 Å². The van der Waals surface area contributed by atoms with Crippen molar-refractivity contribution >= 4 is 21.4 Å². The fraction of sp³-hybridized carbons (Fsp3) is 0.529. The Morgan fingerprint density at radius 1 is 1.44 bits per heavy atom. The van der Waals surface area contributed by atoms with Crippen molar-refractivity contribution in [3.8, 4) is 0 Å². The van der Waals surface area contributed by atoms with Gasteiger partial charge in [-0.2, -0.15) is 0 Å². The highest BCUT2D eigenvalue weighted by molar-refractivity contribution is 7.91. The summed E-state index contributed by atoms with van der Waals surface area (Å²) in [7, 11) is -1.02. The number of aryl methyl sites for hydroxylation is 1. The Labute approximate surface area is 148 Å². The topological polar surface area (TPSA) is 83.8 Å². The van der Waals surface area contributed by atoms with Gasteiger partial charge in [-0.15, -0.1) is 0 Å².